The summed E-state index contributed by atoms with van der Waals surface area (Å²) in [5.74, 6) is -4.27. The lowest BCUT2D eigenvalue weighted by atomic mass is 9.95. The van der Waals surface area contributed by atoms with Crippen LogP contribution < -0.4 is 15.5 Å². The Kier molecular flexibility index (Phi) is 9.66. The molecule has 49 heavy (non-hydrogen) atoms. The number of nitrogens with one attached hydrogen (secondary N) is 2. The second kappa shape index (κ2) is 14.1. The van der Waals surface area contributed by atoms with Crippen LogP contribution in [-0.2, 0) is 14.9 Å². The third-order valence-electron chi connectivity index (χ3n) is 9.23. The van der Waals surface area contributed by atoms with E-state index in [1.165, 1.54) is 23.9 Å². The third kappa shape index (κ3) is 7.58. The number of likely N-dealkylation sites (N-methyl/N-ethyl adjacent to an activating group) is 1. The van der Waals surface area contributed by atoms with Crippen molar-refractivity contribution < 1.29 is 27.5 Å². The molecular weight excluding hydrogens is 633 g/mol. The fraction of sp³-hybridized carbons (Fsp3) is 0.324. The number of hydrogen-bond acceptors (Lipinski definition) is 6. The van der Waals surface area contributed by atoms with Crippen LogP contribution in [0.1, 0.15) is 31.2 Å². The van der Waals surface area contributed by atoms with Gasteiger partial charge in [-0.15, -0.1) is 0 Å². The highest BCUT2D eigenvalue weighted by molar-refractivity contribution is 6.03. The summed E-state index contributed by atoms with van der Waals surface area (Å²) in [6.45, 7) is 5.66. The SMILES string of the molecule is C=CC(F)(F)C1=C(C(=O)Nc2ccc(N3CCN(C(=O)Nc4ccccc4F)CC3)nc2)OC(N(C)CC2(c3ccccc3)CC2)=CCC1. The predicted octanol–water partition coefficient (Wildman–Crippen LogP) is 6.90. The van der Waals surface area contributed by atoms with Gasteiger partial charge in [0.05, 0.1) is 23.1 Å². The van der Waals surface area contributed by atoms with Gasteiger partial charge in [0.1, 0.15) is 11.6 Å². The molecule has 0 spiro atoms. The predicted molar refractivity (Wildman–Crippen MR) is 183 cm³/mol. The minimum Gasteiger partial charge on any atom is -0.436 e. The number of nitrogens with zero attached hydrogens (tertiary/aromatic N) is 4. The van der Waals surface area contributed by atoms with Crippen molar-refractivity contribution in [1.82, 2.24) is 14.8 Å². The lowest BCUT2D eigenvalue weighted by Crippen LogP contribution is -2.50. The number of rotatable bonds is 10. The third-order valence-corrected chi connectivity index (χ3v) is 9.23. The number of ether oxygens (including phenoxy) is 1. The van der Waals surface area contributed by atoms with Crippen molar-refractivity contribution in [3.05, 3.63) is 120 Å². The van der Waals surface area contributed by atoms with Crippen LogP contribution in [0.4, 0.5) is 35.2 Å². The highest BCUT2D eigenvalue weighted by Crippen LogP contribution is 2.49. The second-order valence-corrected chi connectivity index (χ2v) is 12.6. The zero-order valence-electron chi connectivity index (χ0n) is 27.3. The Morgan fingerprint density at radius 3 is 2.39 bits per heavy atom. The minimum absolute atomic E-state index is 0.0550. The number of halogens is 3. The van der Waals surface area contributed by atoms with Crippen LogP contribution in [0.3, 0.4) is 0 Å². The van der Waals surface area contributed by atoms with Crippen molar-refractivity contribution in [3.63, 3.8) is 0 Å². The number of anilines is 3. The van der Waals surface area contributed by atoms with Gasteiger partial charge in [-0.1, -0.05) is 49.0 Å². The first-order valence-corrected chi connectivity index (χ1v) is 16.3. The Labute approximate surface area is 283 Å². The second-order valence-electron chi connectivity index (χ2n) is 12.6. The van der Waals surface area contributed by atoms with E-state index < -0.39 is 29.0 Å². The van der Waals surface area contributed by atoms with Crippen LogP contribution in [0.25, 0.3) is 0 Å². The summed E-state index contributed by atoms with van der Waals surface area (Å²) in [6.07, 6.45) is 5.92. The van der Waals surface area contributed by atoms with Crippen molar-refractivity contribution >= 4 is 29.1 Å². The molecule has 0 radical (unpaired) electrons. The fourth-order valence-corrected chi connectivity index (χ4v) is 6.26. The molecule has 1 aromatic heterocycles. The van der Waals surface area contributed by atoms with Gasteiger partial charge in [0.15, 0.2) is 11.6 Å². The van der Waals surface area contributed by atoms with Gasteiger partial charge in [-0.05, 0) is 67.7 Å². The molecule has 2 aliphatic heterocycles. The molecule has 2 fully saturated rings. The Balaban J connectivity index is 1.10. The number of piperazine rings is 1. The van der Waals surface area contributed by atoms with Crippen molar-refractivity contribution in [3.8, 4) is 0 Å². The lowest BCUT2D eigenvalue weighted by molar-refractivity contribution is -0.116. The Morgan fingerprint density at radius 2 is 1.73 bits per heavy atom. The maximum absolute atomic E-state index is 15.1. The molecule has 2 aromatic carbocycles. The number of amides is 3. The number of aromatic nitrogens is 1. The van der Waals surface area contributed by atoms with E-state index in [0.717, 1.165) is 12.8 Å². The number of para-hydroxylation sites is 1. The maximum Gasteiger partial charge on any atom is 0.322 e. The van der Waals surface area contributed by atoms with Gasteiger partial charge in [0.25, 0.3) is 11.8 Å². The van der Waals surface area contributed by atoms with E-state index in [1.807, 2.05) is 35.0 Å². The van der Waals surface area contributed by atoms with E-state index >= 15 is 8.78 Å². The summed E-state index contributed by atoms with van der Waals surface area (Å²) in [5, 5.41) is 5.28. The molecule has 3 aliphatic rings. The molecule has 1 aliphatic carbocycles. The van der Waals surface area contributed by atoms with Crippen LogP contribution >= 0.6 is 0 Å². The number of alkyl halides is 2. The molecule has 3 amide bonds. The van der Waals surface area contributed by atoms with E-state index in [-0.39, 0.29) is 30.0 Å². The first-order valence-electron chi connectivity index (χ1n) is 16.3. The molecule has 1 saturated carbocycles. The quantitative estimate of drug-likeness (QED) is 0.228. The Hall–Kier alpha value is -5.26. The number of hydrogen-bond donors (Lipinski definition) is 2. The zero-order valence-corrected chi connectivity index (χ0v) is 27.3. The maximum atomic E-state index is 15.1. The van der Waals surface area contributed by atoms with Gasteiger partial charge in [-0.3, -0.25) is 4.79 Å². The summed E-state index contributed by atoms with van der Waals surface area (Å²) in [4.78, 5) is 36.2. The molecule has 256 valence electrons. The summed E-state index contributed by atoms with van der Waals surface area (Å²) in [5.41, 5.74) is 1.14. The zero-order chi connectivity index (χ0) is 34.6. The first-order chi connectivity index (χ1) is 23.6. The number of allylic oxidation sites excluding steroid dienone is 3. The highest BCUT2D eigenvalue weighted by Gasteiger charge is 2.46. The normalized spacial score (nSPS) is 17.3. The van der Waals surface area contributed by atoms with Crippen molar-refractivity contribution in [2.75, 3.05) is 55.3 Å². The van der Waals surface area contributed by atoms with Gasteiger partial charge in [0.2, 0.25) is 0 Å². The molecule has 3 aromatic rings. The molecular formula is C37H39F3N6O3. The molecule has 3 heterocycles. The average molecular weight is 673 g/mol. The summed E-state index contributed by atoms with van der Waals surface area (Å²) in [7, 11) is 1.85. The molecule has 2 N–H and O–H groups in total. The van der Waals surface area contributed by atoms with Gasteiger partial charge in [-0.2, -0.15) is 8.78 Å². The highest BCUT2D eigenvalue weighted by atomic mass is 19.3. The van der Waals surface area contributed by atoms with Gasteiger partial charge < -0.3 is 30.1 Å². The number of pyridine rings is 1. The van der Waals surface area contributed by atoms with Crippen LogP contribution in [0.2, 0.25) is 0 Å². The van der Waals surface area contributed by atoms with Crippen molar-refractivity contribution in [2.24, 2.45) is 0 Å². The van der Waals surface area contributed by atoms with Crippen LogP contribution in [0, 0.1) is 5.82 Å². The first kappa shape index (κ1) is 33.6. The monoisotopic (exact) mass is 672 g/mol. The van der Waals surface area contributed by atoms with E-state index in [4.69, 9.17) is 4.74 Å². The van der Waals surface area contributed by atoms with Crippen LogP contribution in [0.5, 0.6) is 0 Å². The largest absolute Gasteiger partial charge is 0.436 e. The summed E-state index contributed by atoms with van der Waals surface area (Å²) in [6, 6.07) is 19.1. The number of carbonyl (C=O) groups excluding carboxylic acids is 2. The van der Waals surface area contributed by atoms with Gasteiger partial charge in [-0.25, -0.2) is 14.2 Å². The average Bonchev–Trinajstić information content (AvgIpc) is 3.93. The topological polar surface area (TPSA) is 90.0 Å². The fourth-order valence-electron chi connectivity index (χ4n) is 6.26. The molecule has 1 saturated heterocycles. The minimum atomic E-state index is -3.45. The lowest BCUT2D eigenvalue weighted by Gasteiger charge is -2.35. The smallest absolute Gasteiger partial charge is 0.322 e. The molecule has 0 bridgehead atoms. The Bertz CT molecular complexity index is 1750. The molecule has 6 rings (SSSR count). The van der Waals surface area contributed by atoms with Gasteiger partial charge in [0, 0.05) is 45.2 Å². The van der Waals surface area contributed by atoms with Crippen LogP contribution in [0.15, 0.2) is 109 Å². The molecule has 12 heteroatoms. The number of carbonyl (C=O) groups is 2. The molecule has 0 unspecified atom stereocenters. The molecule has 0 atom stereocenters. The Morgan fingerprint density at radius 1 is 1.02 bits per heavy atom. The van der Waals surface area contributed by atoms with E-state index in [2.05, 4.69) is 34.3 Å². The summed E-state index contributed by atoms with van der Waals surface area (Å²) < 4.78 is 50.3. The van der Waals surface area contributed by atoms with E-state index in [9.17, 15) is 14.0 Å². The standard InChI is InChI=1S/C37H39F3N6O3/c1-3-37(39,40)28-12-9-15-32(44(2)25-36(18-19-36)26-10-5-4-6-11-26)49-33(28)34(47)42-27-16-17-31(41-24-27)45-20-22-46(23-21-45)35(48)43-30-14-8-7-13-29(30)38/h3-8,10-11,13-17,24H,1,9,12,18-23,25H2,2H3,(H,42,47)(H,43,48). The van der Waals surface area contributed by atoms with Crippen molar-refractivity contribution in [1.29, 1.82) is 0 Å². The van der Waals surface area contributed by atoms with Gasteiger partial charge >= 0.3 is 6.03 Å². The van der Waals surface area contributed by atoms with E-state index in [0.29, 0.717) is 56.2 Å². The number of benzene rings is 2. The number of urea groups is 1. The van der Waals surface area contributed by atoms with Crippen molar-refractivity contribution in [2.45, 2.75) is 37.0 Å². The van der Waals surface area contributed by atoms with Crippen LogP contribution in [-0.4, -0.2) is 72.4 Å². The molecule has 9 nitrogen and oxygen atoms in total. The van der Waals surface area contributed by atoms with E-state index in [1.54, 1.807) is 35.2 Å². The summed E-state index contributed by atoms with van der Waals surface area (Å²) >= 11 is 0.